The van der Waals surface area contributed by atoms with Crippen LogP contribution in [0.5, 0.6) is 0 Å². The number of anilines is 1. The molecule has 0 radical (unpaired) electrons. The van der Waals surface area contributed by atoms with Gasteiger partial charge < -0.3 is 14.6 Å². The second kappa shape index (κ2) is 5.69. The van der Waals surface area contributed by atoms with Crippen molar-refractivity contribution >= 4 is 23.6 Å². The fourth-order valence-corrected chi connectivity index (χ4v) is 2.62. The molecule has 0 bridgehead atoms. The molecule has 1 aromatic carbocycles. The molecule has 20 heavy (non-hydrogen) atoms. The fraction of sp³-hybridized carbons (Fsp3) is 0.267. The molecular formula is C15H15ClN2O2. The standard InChI is InChI=1S/C15H15ClN2O2/c16-12-3-1-11(2-4-12)13-9-17-14(10-19)15(13)18-5-7-20-8-6-18/h1-4,9-10,17H,5-8H2. The summed E-state index contributed by atoms with van der Waals surface area (Å²) in [4.78, 5) is 16.5. The van der Waals surface area contributed by atoms with Crippen LogP contribution in [0.4, 0.5) is 5.69 Å². The maximum Gasteiger partial charge on any atom is 0.168 e. The zero-order valence-electron chi connectivity index (χ0n) is 10.9. The van der Waals surface area contributed by atoms with Gasteiger partial charge in [-0.05, 0) is 17.7 Å². The number of nitrogens with zero attached hydrogens (tertiary/aromatic N) is 1. The summed E-state index contributed by atoms with van der Waals surface area (Å²) >= 11 is 5.93. The Morgan fingerprint density at radius 2 is 1.90 bits per heavy atom. The molecule has 0 aliphatic carbocycles. The molecule has 2 heterocycles. The van der Waals surface area contributed by atoms with Crippen LogP contribution < -0.4 is 4.90 Å². The number of hydrogen-bond donors (Lipinski definition) is 1. The maximum absolute atomic E-state index is 11.3. The van der Waals surface area contributed by atoms with Crippen LogP contribution in [0.25, 0.3) is 11.1 Å². The predicted octanol–water partition coefficient (Wildman–Crippen LogP) is 2.98. The molecule has 1 aromatic heterocycles. The highest BCUT2D eigenvalue weighted by atomic mass is 35.5. The summed E-state index contributed by atoms with van der Waals surface area (Å²) in [6.07, 6.45) is 2.74. The number of hydrogen-bond acceptors (Lipinski definition) is 3. The molecule has 2 aromatic rings. The fourth-order valence-electron chi connectivity index (χ4n) is 2.50. The summed E-state index contributed by atoms with van der Waals surface area (Å²) in [5, 5.41) is 0.702. The molecule has 3 rings (SSSR count). The maximum atomic E-state index is 11.3. The van der Waals surface area contributed by atoms with Crippen molar-refractivity contribution in [3.8, 4) is 11.1 Å². The molecule has 1 saturated heterocycles. The molecule has 1 N–H and O–H groups in total. The average molecular weight is 291 g/mol. The molecule has 0 spiro atoms. The molecular weight excluding hydrogens is 276 g/mol. The zero-order chi connectivity index (χ0) is 13.9. The van der Waals surface area contributed by atoms with Gasteiger partial charge in [0.2, 0.25) is 0 Å². The summed E-state index contributed by atoms with van der Waals surface area (Å²) in [5.41, 5.74) is 3.62. The normalized spacial score (nSPS) is 15.3. The number of rotatable bonds is 3. The summed E-state index contributed by atoms with van der Waals surface area (Å²) in [6.45, 7) is 2.95. The molecule has 4 nitrogen and oxygen atoms in total. The van der Waals surface area contributed by atoms with Gasteiger partial charge in [0.15, 0.2) is 6.29 Å². The molecule has 104 valence electrons. The summed E-state index contributed by atoms with van der Waals surface area (Å²) in [7, 11) is 0. The number of carbonyl (C=O) groups excluding carboxylic acids is 1. The van der Waals surface area contributed by atoms with Crippen LogP contribution in [-0.4, -0.2) is 37.6 Å². The Hall–Kier alpha value is -1.78. The van der Waals surface area contributed by atoms with Gasteiger partial charge in [-0.25, -0.2) is 0 Å². The number of carbonyl (C=O) groups is 1. The van der Waals surface area contributed by atoms with E-state index in [4.69, 9.17) is 16.3 Å². The lowest BCUT2D eigenvalue weighted by Gasteiger charge is -2.29. The molecule has 0 amide bonds. The van der Waals surface area contributed by atoms with Crippen molar-refractivity contribution in [3.05, 3.63) is 41.2 Å². The number of ether oxygens (including phenoxy) is 1. The van der Waals surface area contributed by atoms with E-state index in [0.717, 1.165) is 36.2 Å². The highest BCUT2D eigenvalue weighted by Gasteiger charge is 2.20. The monoisotopic (exact) mass is 290 g/mol. The highest BCUT2D eigenvalue weighted by molar-refractivity contribution is 6.30. The number of aldehydes is 1. The minimum Gasteiger partial charge on any atom is -0.378 e. The van der Waals surface area contributed by atoms with E-state index in [-0.39, 0.29) is 0 Å². The number of H-pyrrole nitrogens is 1. The number of aromatic nitrogens is 1. The van der Waals surface area contributed by atoms with Crippen molar-refractivity contribution in [1.82, 2.24) is 4.98 Å². The summed E-state index contributed by atoms with van der Waals surface area (Å²) in [5.74, 6) is 0. The topological polar surface area (TPSA) is 45.3 Å². The smallest absolute Gasteiger partial charge is 0.168 e. The third-order valence-electron chi connectivity index (χ3n) is 3.48. The van der Waals surface area contributed by atoms with E-state index >= 15 is 0 Å². The van der Waals surface area contributed by atoms with Gasteiger partial charge in [-0.3, -0.25) is 4.79 Å². The molecule has 5 heteroatoms. The quantitative estimate of drug-likeness (QED) is 0.884. The van der Waals surface area contributed by atoms with Crippen LogP contribution in [0, 0.1) is 0 Å². The first-order valence-corrected chi connectivity index (χ1v) is 6.92. The Kier molecular flexibility index (Phi) is 3.76. The molecule has 0 unspecified atom stereocenters. The number of nitrogens with one attached hydrogen (secondary N) is 1. The van der Waals surface area contributed by atoms with Crippen LogP contribution in [0.3, 0.4) is 0 Å². The second-order valence-electron chi connectivity index (χ2n) is 4.69. The van der Waals surface area contributed by atoms with Crippen molar-refractivity contribution in [2.45, 2.75) is 0 Å². The SMILES string of the molecule is O=Cc1[nH]cc(-c2ccc(Cl)cc2)c1N1CCOCC1. The van der Waals surface area contributed by atoms with Gasteiger partial charge in [-0.15, -0.1) is 0 Å². The molecule has 1 aliphatic heterocycles. The largest absolute Gasteiger partial charge is 0.378 e. The number of halogens is 1. The van der Waals surface area contributed by atoms with Crippen molar-refractivity contribution in [3.63, 3.8) is 0 Å². The van der Waals surface area contributed by atoms with E-state index in [2.05, 4.69) is 9.88 Å². The Balaban J connectivity index is 2.04. The van der Waals surface area contributed by atoms with Crippen LogP contribution in [0.2, 0.25) is 5.02 Å². The molecule has 0 atom stereocenters. The van der Waals surface area contributed by atoms with E-state index in [1.54, 1.807) is 0 Å². The van der Waals surface area contributed by atoms with Gasteiger partial charge in [-0.1, -0.05) is 23.7 Å². The number of benzene rings is 1. The van der Waals surface area contributed by atoms with Crippen molar-refractivity contribution in [1.29, 1.82) is 0 Å². The van der Waals surface area contributed by atoms with E-state index in [9.17, 15) is 4.79 Å². The lowest BCUT2D eigenvalue weighted by molar-refractivity contribution is 0.111. The van der Waals surface area contributed by atoms with Gasteiger partial charge in [0.1, 0.15) is 5.69 Å². The lowest BCUT2D eigenvalue weighted by Crippen LogP contribution is -2.36. The van der Waals surface area contributed by atoms with Crippen molar-refractivity contribution in [2.24, 2.45) is 0 Å². The highest BCUT2D eigenvalue weighted by Crippen LogP contribution is 2.34. The first-order valence-electron chi connectivity index (χ1n) is 6.55. The zero-order valence-corrected chi connectivity index (χ0v) is 11.7. The molecule has 1 aliphatic rings. The third-order valence-corrected chi connectivity index (χ3v) is 3.73. The first kappa shape index (κ1) is 13.2. The van der Waals surface area contributed by atoms with Gasteiger partial charge in [-0.2, -0.15) is 0 Å². The van der Waals surface area contributed by atoms with E-state index in [1.165, 1.54) is 0 Å². The van der Waals surface area contributed by atoms with E-state index < -0.39 is 0 Å². The number of morpholine rings is 1. The minimum absolute atomic E-state index is 0.608. The predicted molar refractivity (Wildman–Crippen MR) is 79.7 cm³/mol. The van der Waals surface area contributed by atoms with E-state index in [0.29, 0.717) is 23.9 Å². The Bertz CT molecular complexity index is 601. The summed E-state index contributed by atoms with van der Waals surface area (Å²) < 4.78 is 5.37. The first-order chi connectivity index (χ1) is 9.79. The van der Waals surface area contributed by atoms with Crippen LogP contribution in [-0.2, 0) is 4.74 Å². The van der Waals surface area contributed by atoms with Crippen LogP contribution >= 0.6 is 11.6 Å². The molecule has 0 saturated carbocycles. The Morgan fingerprint density at radius 1 is 1.20 bits per heavy atom. The second-order valence-corrected chi connectivity index (χ2v) is 5.13. The molecule has 1 fully saturated rings. The average Bonchev–Trinajstić information content (AvgIpc) is 2.93. The van der Waals surface area contributed by atoms with Gasteiger partial charge in [0, 0.05) is 29.9 Å². The Morgan fingerprint density at radius 3 is 2.55 bits per heavy atom. The van der Waals surface area contributed by atoms with Crippen LogP contribution in [0.1, 0.15) is 10.5 Å². The number of aromatic amines is 1. The van der Waals surface area contributed by atoms with Gasteiger partial charge in [0.05, 0.1) is 18.9 Å². The van der Waals surface area contributed by atoms with Crippen molar-refractivity contribution in [2.75, 3.05) is 31.2 Å². The third kappa shape index (κ3) is 2.44. The van der Waals surface area contributed by atoms with E-state index in [1.807, 2.05) is 30.5 Å². The minimum atomic E-state index is 0.608. The Labute approximate surface area is 122 Å². The van der Waals surface area contributed by atoms with Gasteiger partial charge >= 0.3 is 0 Å². The van der Waals surface area contributed by atoms with Crippen LogP contribution in [0.15, 0.2) is 30.5 Å². The van der Waals surface area contributed by atoms with Gasteiger partial charge in [0.25, 0.3) is 0 Å². The van der Waals surface area contributed by atoms with Crippen molar-refractivity contribution < 1.29 is 9.53 Å². The summed E-state index contributed by atoms with van der Waals surface area (Å²) in [6, 6.07) is 7.63. The lowest BCUT2D eigenvalue weighted by atomic mass is 10.1.